The van der Waals surface area contributed by atoms with Crippen molar-refractivity contribution in [1.29, 1.82) is 0 Å². The molecule has 8 nitrogen and oxygen atoms in total. The molecule has 0 aromatic carbocycles. The van der Waals surface area contributed by atoms with Gasteiger partial charge in [-0.25, -0.2) is 9.48 Å². The van der Waals surface area contributed by atoms with Crippen LogP contribution < -0.4 is 10.6 Å². The van der Waals surface area contributed by atoms with Crippen molar-refractivity contribution in [3.63, 3.8) is 0 Å². The minimum absolute atomic E-state index is 0.128. The molecule has 1 heterocycles. The van der Waals surface area contributed by atoms with Crippen LogP contribution in [0.15, 0.2) is 6.20 Å². The lowest BCUT2D eigenvalue weighted by atomic mass is 10.5. The van der Waals surface area contributed by atoms with Crippen molar-refractivity contribution in [3.05, 3.63) is 11.9 Å². The predicted octanol–water partition coefficient (Wildman–Crippen LogP) is -1.68. The average Bonchev–Trinajstić information content (AvgIpc) is 2.78. The third-order valence-electron chi connectivity index (χ3n) is 1.93. The summed E-state index contributed by atoms with van der Waals surface area (Å²) in [6, 6.07) is 0. The van der Waals surface area contributed by atoms with Gasteiger partial charge in [-0.15, -0.1) is 11.5 Å². The van der Waals surface area contributed by atoms with Crippen LogP contribution in [0.3, 0.4) is 0 Å². The maximum Gasteiger partial charge on any atom is 0.358 e. The number of aromatic nitrogens is 3. The molecule has 0 saturated carbocycles. The number of carboxylic acid groups (broad SMARTS) is 1. The fourth-order valence-electron chi connectivity index (χ4n) is 1.13. The second-order valence-corrected chi connectivity index (χ2v) is 3.33. The van der Waals surface area contributed by atoms with Gasteiger partial charge in [0.05, 0.1) is 25.8 Å². The second kappa shape index (κ2) is 7.03. The molecule has 0 aliphatic rings. The Morgan fingerprint density at radius 2 is 2.33 bits per heavy atom. The fourth-order valence-corrected chi connectivity index (χ4v) is 1.13. The normalized spacial score (nSPS) is 9.72. The number of aromatic carboxylic acids is 1. The van der Waals surface area contributed by atoms with E-state index in [1.54, 1.807) is 0 Å². The average molecular weight is 251 g/mol. The van der Waals surface area contributed by atoms with Crippen LogP contribution in [0.4, 0.5) is 0 Å². The van der Waals surface area contributed by atoms with Crippen molar-refractivity contribution in [2.24, 2.45) is 0 Å². The highest BCUT2D eigenvalue weighted by atomic mass is 16.4. The first-order valence-corrected chi connectivity index (χ1v) is 5.18. The molecule has 3 N–H and O–H groups in total. The van der Waals surface area contributed by atoms with E-state index in [-0.39, 0.29) is 18.1 Å². The van der Waals surface area contributed by atoms with Crippen LogP contribution in [0.5, 0.6) is 0 Å². The molecular weight excluding hydrogens is 238 g/mol. The number of nitrogens with zero attached hydrogens (tertiary/aromatic N) is 3. The molecular formula is C10H13N5O3. The number of carbonyl (C=O) groups excluding carboxylic acids is 1. The molecule has 18 heavy (non-hydrogen) atoms. The zero-order chi connectivity index (χ0) is 13.4. The van der Waals surface area contributed by atoms with Crippen LogP contribution in [-0.4, -0.2) is 51.6 Å². The fraction of sp³-hybridized carbons (Fsp3) is 0.400. The number of carbonyl (C=O) groups is 2. The molecule has 0 saturated heterocycles. The van der Waals surface area contributed by atoms with Crippen molar-refractivity contribution in [2.75, 3.05) is 19.6 Å². The van der Waals surface area contributed by atoms with Gasteiger partial charge >= 0.3 is 5.97 Å². The SMILES string of the molecule is C#CCNCC(=O)NCCn1cc(C(=O)O)nn1. The van der Waals surface area contributed by atoms with Crippen molar-refractivity contribution in [3.8, 4) is 12.3 Å². The monoisotopic (exact) mass is 251 g/mol. The lowest BCUT2D eigenvalue weighted by Gasteiger charge is -2.04. The molecule has 1 amide bonds. The number of amides is 1. The summed E-state index contributed by atoms with van der Waals surface area (Å²) in [6.45, 7) is 1.15. The summed E-state index contributed by atoms with van der Waals surface area (Å²) in [5.41, 5.74) is -0.128. The Balaban J connectivity index is 2.22. The molecule has 0 radical (unpaired) electrons. The maximum atomic E-state index is 11.2. The maximum absolute atomic E-state index is 11.2. The molecule has 1 aromatic heterocycles. The Labute approximate surface area is 103 Å². The van der Waals surface area contributed by atoms with E-state index >= 15 is 0 Å². The highest BCUT2D eigenvalue weighted by molar-refractivity contribution is 5.84. The third kappa shape index (κ3) is 4.63. The van der Waals surface area contributed by atoms with Crippen LogP contribution in [0, 0.1) is 12.3 Å². The van der Waals surface area contributed by atoms with E-state index < -0.39 is 5.97 Å². The van der Waals surface area contributed by atoms with Gasteiger partial charge in [0.1, 0.15) is 0 Å². The summed E-state index contributed by atoms with van der Waals surface area (Å²) < 4.78 is 1.35. The van der Waals surface area contributed by atoms with E-state index in [2.05, 4.69) is 26.9 Å². The summed E-state index contributed by atoms with van der Waals surface area (Å²) >= 11 is 0. The first kappa shape index (κ1) is 13.7. The number of rotatable bonds is 7. The highest BCUT2D eigenvalue weighted by Gasteiger charge is 2.07. The van der Waals surface area contributed by atoms with Gasteiger partial charge in [0, 0.05) is 6.54 Å². The van der Waals surface area contributed by atoms with Crippen molar-refractivity contribution < 1.29 is 14.7 Å². The Bertz CT molecular complexity index is 462. The topological polar surface area (TPSA) is 109 Å². The van der Waals surface area contributed by atoms with Gasteiger partial charge in [-0.3, -0.25) is 10.1 Å². The van der Waals surface area contributed by atoms with E-state index in [1.807, 2.05) is 0 Å². The van der Waals surface area contributed by atoms with Crippen LogP contribution >= 0.6 is 0 Å². The molecule has 0 spiro atoms. The first-order chi connectivity index (χ1) is 8.63. The van der Waals surface area contributed by atoms with Gasteiger partial charge in [-0.1, -0.05) is 11.1 Å². The number of hydrogen-bond donors (Lipinski definition) is 3. The lowest BCUT2D eigenvalue weighted by Crippen LogP contribution is -2.35. The molecule has 1 aromatic rings. The molecule has 0 atom stereocenters. The minimum Gasteiger partial charge on any atom is -0.476 e. The van der Waals surface area contributed by atoms with Gasteiger partial charge in [0.25, 0.3) is 0 Å². The molecule has 0 fully saturated rings. The number of terminal acetylenes is 1. The largest absolute Gasteiger partial charge is 0.476 e. The summed E-state index contributed by atoms with van der Waals surface area (Å²) in [4.78, 5) is 21.8. The Morgan fingerprint density at radius 3 is 2.94 bits per heavy atom. The van der Waals surface area contributed by atoms with Crippen molar-refractivity contribution in [1.82, 2.24) is 25.6 Å². The highest BCUT2D eigenvalue weighted by Crippen LogP contribution is 1.91. The zero-order valence-electron chi connectivity index (χ0n) is 9.59. The molecule has 96 valence electrons. The number of hydrogen-bond acceptors (Lipinski definition) is 5. The Morgan fingerprint density at radius 1 is 1.56 bits per heavy atom. The van der Waals surface area contributed by atoms with Crippen LogP contribution in [0.1, 0.15) is 10.5 Å². The molecule has 8 heteroatoms. The van der Waals surface area contributed by atoms with Crippen LogP contribution in [-0.2, 0) is 11.3 Å². The number of carboxylic acids is 1. The van der Waals surface area contributed by atoms with Gasteiger partial charge < -0.3 is 10.4 Å². The zero-order valence-corrected chi connectivity index (χ0v) is 9.59. The van der Waals surface area contributed by atoms with Crippen LogP contribution in [0.25, 0.3) is 0 Å². The van der Waals surface area contributed by atoms with E-state index in [9.17, 15) is 9.59 Å². The van der Waals surface area contributed by atoms with Gasteiger partial charge in [0.15, 0.2) is 5.69 Å². The van der Waals surface area contributed by atoms with Crippen LogP contribution in [0.2, 0.25) is 0 Å². The van der Waals surface area contributed by atoms with Gasteiger partial charge in [-0.05, 0) is 0 Å². The Kier molecular flexibility index (Phi) is 5.34. The number of nitrogens with one attached hydrogen (secondary N) is 2. The second-order valence-electron chi connectivity index (χ2n) is 3.33. The van der Waals surface area contributed by atoms with E-state index in [0.717, 1.165) is 0 Å². The summed E-state index contributed by atoms with van der Waals surface area (Å²) in [7, 11) is 0. The van der Waals surface area contributed by atoms with E-state index in [1.165, 1.54) is 10.9 Å². The standard InChI is InChI=1S/C10H13N5O3/c1-2-3-11-6-9(16)12-4-5-15-7-8(10(17)18)13-14-15/h1,7,11H,3-6H2,(H,12,16)(H,17,18). The first-order valence-electron chi connectivity index (χ1n) is 5.18. The Hall–Kier alpha value is -2.40. The minimum atomic E-state index is -1.14. The quantitative estimate of drug-likeness (QED) is 0.394. The van der Waals surface area contributed by atoms with E-state index in [4.69, 9.17) is 11.5 Å². The smallest absolute Gasteiger partial charge is 0.358 e. The van der Waals surface area contributed by atoms with Crippen molar-refractivity contribution >= 4 is 11.9 Å². The lowest BCUT2D eigenvalue weighted by molar-refractivity contribution is -0.120. The third-order valence-corrected chi connectivity index (χ3v) is 1.93. The molecule has 0 aliphatic carbocycles. The van der Waals surface area contributed by atoms with E-state index in [0.29, 0.717) is 19.6 Å². The summed E-state index contributed by atoms with van der Waals surface area (Å²) in [5, 5.41) is 21.0. The van der Waals surface area contributed by atoms with Crippen molar-refractivity contribution in [2.45, 2.75) is 6.54 Å². The molecule has 0 unspecified atom stereocenters. The van der Waals surface area contributed by atoms with Gasteiger partial charge in [0.2, 0.25) is 5.91 Å². The van der Waals surface area contributed by atoms with Gasteiger partial charge in [-0.2, -0.15) is 0 Å². The molecule has 1 rings (SSSR count). The predicted molar refractivity (Wildman–Crippen MR) is 61.7 cm³/mol. The molecule has 0 bridgehead atoms. The summed E-state index contributed by atoms with van der Waals surface area (Å²) in [6.07, 6.45) is 6.30. The summed E-state index contributed by atoms with van der Waals surface area (Å²) in [5.74, 6) is 1.02. The molecule has 0 aliphatic heterocycles.